The lowest BCUT2D eigenvalue weighted by Gasteiger charge is -2.29. The molecule has 0 unspecified atom stereocenters. The molecule has 0 fully saturated rings. The number of carboxylic acids is 1. The van der Waals surface area contributed by atoms with E-state index in [4.69, 9.17) is 5.11 Å². The lowest BCUT2D eigenvalue weighted by atomic mass is 9.99. The van der Waals surface area contributed by atoms with Gasteiger partial charge < -0.3 is 10.4 Å². The van der Waals surface area contributed by atoms with Crippen molar-refractivity contribution >= 4 is 17.7 Å². The molecule has 0 radical (unpaired) electrons. The molecule has 0 aromatic heterocycles. The van der Waals surface area contributed by atoms with Gasteiger partial charge in [0.2, 0.25) is 0 Å². The first-order valence-electron chi connectivity index (χ1n) is 6.25. The highest BCUT2D eigenvalue weighted by molar-refractivity contribution is 5.92. The highest BCUT2D eigenvalue weighted by Crippen LogP contribution is 2.18. The summed E-state index contributed by atoms with van der Waals surface area (Å²) < 4.78 is 13.6. The predicted molar refractivity (Wildman–Crippen MR) is 74.3 cm³/mol. The highest BCUT2D eigenvalue weighted by Gasteiger charge is 2.24. The number of carboxylic acid groups (broad SMARTS) is 1. The molecule has 0 aliphatic carbocycles. The van der Waals surface area contributed by atoms with E-state index in [1.54, 1.807) is 26.0 Å². The summed E-state index contributed by atoms with van der Waals surface area (Å²) in [7, 11) is 1.46. The van der Waals surface area contributed by atoms with Gasteiger partial charge in [-0.2, -0.15) is 0 Å². The molecule has 0 spiro atoms. The van der Waals surface area contributed by atoms with E-state index in [2.05, 4.69) is 5.32 Å². The van der Waals surface area contributed by atoms with Crippen molar-refractivity contribution in [3.8, 4) is 0 Å². The first-order valence-corrected chi connectivity index (χ1v) is 6.25. The number of para-hydroxylation sites is 1. The third-order valence-corrected chi connectivity index (χ3v) is 2.93. The van der Waals surface area contributed by atoms with Crippen LogP contribution in [0.2, 0.25) is 0 Å². The third-order valence-electron chi connectivity index (χ3n) is 2.93. The summed E-state index contributed by atoms with van der Waals surface area (Å²) in [5, 5.41) is 11.4. The zero-order chi connectivity index (χ0) is 15.3. The Kier molecular flexibility index (Phi) is 5.07. The van der Waals surface area contributed by atoms with Crippen LogP contribution in [0.4, 0.5) is 14.9 Å². The molecular weight excluding hydrogens is 263 g/mol. The highest BCUT2D eigenvalue weighted by atomic mass is 19.1. The summed E-state index contributed by atoms with van der Waals surface area (Å²) in [5.41, 5.74) is -0.520. The maximum atomic E-state index is 13.6. The number of nitrogens with zero attached hydrogens (tertiary/aromatic N) is 1. The minimum atomic E-state index is -0.921. The van der Waals surface area contributed by atoms with E-state index < -0.39 is 23.4 Å². The fourth-order valence-corrected chi connectivity index (χ4v) is 1.69. The van der Waals surface area contributed by atoms with Crippen molar-refractivity contribution in [2.45, 2.75) is 32.2 Å². The van der Waals surface area contributed by atoms with Gasteiger partial charge in [0.15, 0.2) is 0 Å². The number of amides is 2. The Bertz CT molecular complexity index is 503. The van der Waals surface area contributed by atoms with Crippen LogP contribution in [-0.2, 0) is 4.79 Å². The second kappa shape index (κ2) is 6.36. The van der Waals surface area contributed by atoms with Crippen LogP contribution in [0.1, 0.15) is 26.7 Å². The van der Waals surface area contributed by atoms with Crippen molar-refractivity contribution in [3.63, 3.8) is 0 Å². The Morgan fingerprint density at radius 2 is 1.95 bits per heavy atom. The number of urea groups is 1. The maximum absolute atomic E-state index is 13.6. The van der Waals surface area contributed by atoms with Crippen molar-refractivity contribution in [1.82, 2.24) is 5.32 Å². The van der Waals surface area contributed by atoms with Gasteiger partial charge in [0.25, 0.3) is 0 Å². The SMILES string of the molecule is CN(C(=O)NC(C)(C)CCC(=O)O)c1ccccc1F. The van der Waals surface area contributed by atoms with Crippen LogP contribution in [0.25, 0.3) is 0 Å². The quantitative estimate of drug-likeness (QED) is 0.872. The molecule has 0 bridgehead atoms. The third kappa shape index (κ3) is 4.53. The number of hydrogen-bond donors (Lipinski definition) is 2. The predicted octanol–water partition coefficient (Wildman–Crippen LogP) is 2.61. The summed E-state index contributed by atoms with van der Waals surface area (Å²) >= 11 is 0. The number of aliphatic carboxylic acids is 1. The van der Waals surface area contributed by atoms with Crippen LogP contribution in [0.5, 0.6) is 0 Å². The number of anilines is 1. The molecule has 0 aliphatic rings. The van der Waals surface area contributed by atoms with E-state index in [1.807, 2.05) is 0 Å². The second-order valence-corrected chi connectivity index (χ2v) is 5.22. The Hall–Kier alpha value is -2.11. The van der Waals surface area contributed by atoms with Crippen molar-refractivity contribution < 1.29 is 19.1 Å². The summed E-state index contributed by atoms with van der Waals surface area (Å²) in [6.45, 7) is 3.45. The zero-order valence-electron chi connectivity index (χ0n) is 11.8. The molecule has 1 aromatic rings. The number of nitrogens with one attached hydrogen (secondary N) is 1. The zero-order valence-corrected chi connectivity index (χ0v) is 11.8. The number of carbonyl (C=O) groups excluding carboxylic acids is 1. The van der Waals surface area contributed by atoms with Crippen LogP contribution in [0.3, 0.4) is 0 Å². The summed E-state index contributed by atoms with van der Waals surface area (Å²) in [4.78, 5) is 23.8. The van der Waals surface area contributed by atoms with Gasteiger partial charge in [0, 0.05) is 19.0 Å². The summed E-state index contributed by atoms with van der Waals surface area (Å²) in [5.74, 6) is -1.41. The van der Waals surface area contributed by atoms with Crippen LogP contribution >= 0.6 is 0 Å². The molecule has 2 N–H and O–H groups in total. The van der Waals surface area contributed by atoms with Gasteiger partial charge in [-0.3, -0.25) is 9.69 Å². The smallest absolute Gasteiger partial charge is 0.322 e. The number of halogens is 1. The molecule has 20 heavy (non-hydrogen) atoms. The van der Waals surface area contributed by atoms with E-state index in [0.29, 0.717) is 6.42 Å². The lowest BCUT2D eigenvalue weighted by Crippen LogP contribution is -2.49. The van der Waals surface area contributed by atoms with Gasteiger partial charge >= 0.3 is 12.0 Å². The normalized spacial score (nSPS) is 11.0. The Morgan fingerprint density at radius 1 is 1.35 bits per heavy atom. The minimum Gasteiger partial charge on any atom is -0.481 e. The Morgan fingerprint density at radius 3 is 2.50 bits per heavy atom. The molecule has 0 aliphatic heterocycles. The number of hydrogen-bond acceptors (Lipinski definition) is 2. The molecule has 2 amide bonds. The van der Waals surface area contributed by atoms with Crippen molar-refractivity contribution in [3.05, 3.63) is 30.1 Å². The van der Waals surface area contributed by atoms with Crippen molar-refractivity contribution in [1.29, 1.82) is 0 Å². The topological polar surface area (TPSA) is 69.6 Å². The van der Waals surface area contributed by atoms with Crippen LogP contribution in [0.15, 0.2) is 24.3 Å². The van der Waals surface area contributed by atoms with Crippen molar-refractivity contribution in [2.75, 3.05) is 11.9 Å². The molecule has 1 rings (SSSR count). The Balaban J connectivity index is 2.71. The molecule has 6 heteroatoms. The molecule has 110 valence electrons. The fraction of sp³-hybridized carbons (Fsp3) is 0.429. The van der Waals surface area contributed by atoms with Crippen LogP contribution in [-0.4, -0.2) is 29.7 Å². The standard InChI is InChI=1S/C14H19FN2O3/c1-14(2,9-8-12(18)19)16-13(20)17(3)11-7-5-4-6-10(11)15/h4-7H,8-9H2,1-3H3,(H,16,20)(H,18,19). The minimum absolute atomic E-state index is 0.0449. The van der Waals surface area contributed by atoms with E-state index >= 15 is 0 Å². The molecule has 5 nitrogen and oxygen atoms in total. The maximum Gasteiger partial charge on any atom is 0.322 e. The average molecular weight is 282 g/mol. The van der Waals surface area contributed by atoms with E-state index in [9.17, 15) is 14.0 Å². The monoisotopic (exact) mass is 282 g/mol. The summed E-state index contributed by atoms with van der Waals surface area (Å²) in [6, 6.07) is 5.47. The molecular formula is C14H19FN2O3. The fourth-order valence-electron chi connectivity index (χ4n) is 1.69. The lowest BCUT2D eigenvalue weighted by molar-refractivity contribution is -0.137. The van der Waals surface area contributed by atoms with Crippen molar-refractivity contribution in [2.24, 2.45) is 0 Å². The first-order chi connectivity index (χ1) is 9.23. The molecule has 0 saturated carbocycles. The van der Waals surface area contributed by atoms with Crippen LogP contribution < -0.4 is 10.2 Å². The molecule has 0 saturated heterocycles. The number of carbonyl (C=O) groups is 2. The first kappa shape index (κ1) is 15.9. The molecule has 0 heterocycles. The second-order valence-electron chi connectivity index (χ2n) is 5.22. The number of benzene rings is 1. The van der Waals surface area contributed by atoms with Crippen LogP contribution in [0, 0.1) is 5.82 Å². The van der Waals surface area contributed by atoms with E-state index in [1.165, 1.54) is 19.2 Å². The van der Waals surface area contributed by atoms with Gasteiger partial charge in [-0.1, -0.05) is 12.1 Å². The van der Waals surface area contributed by atoms with Gasteiger partial charge in [0.05, 0.1) is 5.69 Å². The summed E-state index contributed by atoms with van der Waals surface area (Å²) in [6.07, 6.45) is 0.246. The van der Waals surface area contributed by atoms with Gasteiger partial charge in [-0.25, -0.2) is 9.18 Å². The average Bonchev–Trinajstić information content (AvgIpc) is 2.36. The molecule has 1 aromatic carbocycles. The van der Waals surface area contributed by atoms with E-state index in [-0.39, 0.29) is 12.1 Å². The molecule has 0 atom stereocenters. The van der Waals surface area contributed by atoms with E-state index in [0.717, 1.165) is 4.90 Å². The Labute approximate surface area is 117 Å². The van der Waals surface area contributed by atoms with Gasteiger partial charge in [-0.05, 0) is 32.4 Å². The largest absolute Gasteiger partial charge is 0.481 e. The van der Waals surface area contributed by atoms with Gasteiger partial charge in [-0.15, -0.1) is 0 Å². The van der Waals surface area contributed by atoms with Gasteiger partial charge in [0.1, 0.15) is 5.82 Å². The number of rotatable bonds is 5.